The van der Waals surface area contributed by atoms with Gasteiger partial charge in [-0.05, 0) is 42.8 Å². The Balaban J connectivity index is 1.95. The number of rotatable bonds is 3. The van der Waals surface area contributed by atoms with Gasteiger partial charge in [-0.15, -0.1) is 11.3 Å². The van der Waals surface area contributed by atoms with Crippen molar-refractivity contribution in [1.29, 1.82) is 0 Å². The van der Waals surface area contributed by atoms with Crippen LogP contribution in [0.1, 0.15) is 65.7 Å². The van der Waals surface area contributed by atoms with Crippen LogP contribution in [0.3, 0.4) is 0 Å². The highest BCUT2D eigenvalue weighted by Gasteiger charge is 2.55. The first-order chi connectivity index (χ1) is 12.5. The molecule has 1 amide bonds. The number of carbonyl (C=O) groups is 2. The molecule has 5 heteroatoms. The van der Waals surface area contributed by atoms with Gasteiger partial charge in [-0.2, -0.15) is 0 Å². The Morgan fingerprint density at radius 1 is 1.15 bits per heavy atom. The Labute approximate surface area is 157 Å². The van der Waals surface area contributed by atoms with E-state index in [1.54, 1.807) is 12.1 Å². The standard InChI is InChI=1S/C21H23NO3S/c1-21(17-12-7-13-26-17)18(20(24)25)15-10-5-6-11-16(15)19(23)22(21)14-8-3-2-4-9-14/h5-7,10-14,18H,2-4,8-9H2,1H3,(H,24,25). The summed E-state index contributed by atoms with van der Waals surface area (Å²) in [5, 5.41) is 12.2. The van der Waals surface area contributed by atoms with E-state index in [9.17, 15) is 14.7 Å². The second kappa shape index (κ2) is 6.54. The van der Waals surface area contributed by atoms with E-state index in [1.165, 1.54) is 17.8 Å². The van der Waals surface area contributed by atoms with Crippen LogP contribution in [0.5, 0.6) is 0 Å². The minimum Gasteiger partial charge on any atom is -0.481 e. The minimum absolute atomic E-state index is 0.0269. The van der Waals surface area contributed by atoms with Crippen molar-refractivity contribution in [2.75, 3.05) is 0 Å². The van der Waals surface area contributed by atoms with Crippen molar-refractivity contribution in [1.82, 2.24) is 4.90 Å². The summed E-state index contributed by atoms with van der Waals surface area (Å²) in [5.74, 6) is -1.67. The topological polar surface area (TPSA) is 57.6 Å². The van der Waals surface area contributed by atoms with E-state index in [0.29, 0.717) is 11.1 Å². The summed E-state index contributed by atoms with van der Waals surface area (Å²) < 4.78 is 0. The van der Waals surface area contributed by atoms with Crippen molar-refractivity contribution in [3.63, 3.8) is 0 Å². The molecule has 4 rings (SSSR count). The normalized spacial score (nSPS) is 26.6. The summed E-state index contributed by atoms with van der Waals surface area (Å²) in [5.41, 5.74) is 0.306. The molecule has 2 heterocycles. The lowest BCUT2D eigenvalue weighted by Crippen LogP contribution is -2.60. The van der Waals surface area contributed by atoms with Crippen LogP contribution in [0, 0.1) is 0 Å². The molecule has 0 bridgehead atoms. The Hall–Kier alpha value is -2.14. The molecule has 1 saturated carbocycles. The number of amides is 1. The van der Waals surface area contributed by atoms with Gasteiger partial charge < -0.3 is 10.0 Å². The van der Waals surface area contributed by atoms with Crippen molar-refractivity contribution in [3.05, 3.63) is 57.8 Å². The molecular formula is C21H23NO3S. The van der Waals surface area contributed by atoms with Gasteiger partial charge in [-0.1, -0.05) is 43.5 Å². The third-order valence-corrected chi connectivity index (χ3v) is 7.09. The number of hydrogen-bond acceptors (Lipinski definition) is 3. The molecule has 26 heavy (non-hydrogen) atoms. The molecule has 1 aromatic carbocycles. The molecule has 2 aliphatic rings. The monoisotopic (exact) mass is 369 g/mol. The quantitative estimate of drug-likeness (QED) is 0.859. The fourth-order valence-corrected chi connectivity index (χ4v) is 5.73. The lowest BCUT2D eigenvalue weighted by atomic mass is 9.71. The Bertz CT molecular complexity index is 826. The number of hydrogen-bond donors (Lipinski definition) is 1. The van der Waals surface area contributed by atoms with Gasteiger partial charge in [-0.25, -0.2) is 0 Å². The number of carboxylic acid groups (broad SMARTS) is 1. The van der Waals surface area contributed by atoms with Gasteiger partial charge in [-0.3, -0.25) is 9.59 Å². The Morgan fingerprint density at radius 2 is 1.88 bits per heavy atom. The van der Waals surface area contributed by atoms with Crippen LogP contribution in [-0.4, -0.2) is 27.9 Å². The van der Waals surface area contributed by atoms with Gasteiger partial charge in [0, 0.05) is 16.5 Å². The first kappa shape index (κ1) is 17.3. The maximum absolute atomic E-state index is 13.5. The molecule has 0 saturated heterocycles. The number of nitrogens with zero attached hydrogens (tertiary/aromatic N) is 1. The summed E-state index contributed by atoms with van der Waals surface area (Å²) in [6.07, 6.45) is 5.26. The van der Waals surface area contributed by atoms with Gasteiger partial charge in [0.25, 0.3) is 5.91 Å². The second-order valence-electron chi connectivity index (χ2n) is 7.45. The van der Waals surface area contributed by atoms with Gasteiger partial charge in [0.05, 0.1) is 5.54 Å². The molecule has 0 spiro atoms. The lowest BCUT2D eigenvalue weighted by Gasteiger charge is -2.52. The van der Waals surface area contributed by atoms with Crippen LogP contribution in [0.2, 0.25) is 0 Å². The Morgan fingerprint density at radius 3 is 2.54 bits per heavy atom. The number of carbonyl (C=O) groups excluding carboxylic acids is 1. The minimum atomic E-state index is -0.873. The molecule has 2 atom stereocenters. The number of benzene rings is 1. The largest absolute Gasteiger partial charge is 0.481 e. The average Bonchev–Trinajstić information content (AvgIpc) is 3.18. The maximum atomic E-state index is 13.5. The van der Waals surface area contributed by atoms with E-state index in [0.717, 1.165) is 30.6 Å². The molecule has 2 aromatic rings. The number of fused-ring (bicyclic) bond motifs is 1. The lowest BCUT2D eigenvalue weighted by molar-refractivity contribution is -0.143. The molecule has 1 N–H and O–H groups in total. The van der Waals surface area contributed by atoms with Crippen LogP contribution >= 0.6 is 11.3 Å². The van der Waals surface area contributed by atoms with Crippen LogP contribution in [0.25, 0.3) is 0 Å². The summed E-state index contributed by atoms with van der Waals surface area (Å²) in [6.45, 7) is 1.94. The molecule has 1 aliphatic carbocycles. The molecule has 0 radical (unpaired) electrons. The maximum Gasteiger partial charge on any atom is 0.313 e. The van der Waals surface area contributed by atoms with Crippen molar-refractivity contribution in [2.45, 2.75) is 56.5 Å². The van der Waals surface area contributed by atoms with E-state index < -0.39 is 17.4 Å². The van der Waals surface area contributed by atoms with Gasteiger partial charge >= 0.3 is 5.97 Å². The van der Waals surface area contributed by atoms with E-state index >= 15 is 0 Å². The third kappa shape index (κ3) is 2.49. The van der Waals surface area contributed by atoms with Crippen LogP contribution in [0.15, 0.2) is 41.8 Å². The number of aliphatic carboxylic acids is 1. The van der Waals surface area contributed by atoms with Crippen molar-refractivity contribution < 1.29 is 14.7 Å². The summed E-state index contributed by atoms with van der Waals surface area (Å²) >= 11 is 1.54. The van der Waals surface area contributed by atoms with E-state index in [1.807, 2.05) is 41.5 Å². The summed E-state index contributed by atoms with van der Waals surface area (Å²) in [7, 11) is 0. The second-order valence-corrected chi connectivity index (χ2v) is 8.40. The van der Waals surface area contributed by atoms with Gasteiger partial charge in [0.2, 0.25) is 0 Å². The van der Waals surface area contributed by atoms with Crippen LogP contribution < -0.4 is 0 Å². The molecule has 136 valence electrons. The number of thiophene rings is 1. The molecular weight excluding hydrogens is 346 g/mol. The predicted octanol–water partition coefficient (Wildman–Crippen LogP) is 4.62. The van der Waals surface area contributed by atoms with Crippen LogP contribution in [-0.2, 0) is 10.3 Å². The van der Waals surface area contributed by atoms with Gasteiger partial charge in [0.1, 0.15) is 5.92 Å². The predicted molar refractivity (Wildman–Crippen MR) is 102 cm³/mol. The highest BCUT2D eigenvalue weighted by molar-refractivity contribution is 7.10. The molecule has 1 fully saturated rings. The fraction of sp³-hybridized carbons (Fsp3) is 0.429. The zero-order valence-corrected chi connectivity index (χ0v) is 15.7. The van der Waals surface area contributed by atoms with Crippen molar-refractivity contribution in [3.8, 4) is 0 Å². The molecule has 1 aromatic heterocycles. The zero-order valence-electron chi connectivity index (χ0n) is 14.9. The average molecular weight is 369 g/mol. The van der Waals surface area contributed by atoms with Crippen molar-refractivity contribution >= 4 is 23.2 Å². The van der Waals surface area contributed by atoms with E-state index in [2.05, 4.69) is 0 Å². The van der Waals surface area contributed by atoms with E-state index in [-0.39, 0.29) is 11.9 Å². The summed E-state index contributed by atoms with van der Waals surface area (Å²) in [4.78, 5) is 28.8. The first-order valence-corrected chi connectivity index (χ1v) is 10.1. The molecule has 2 unspecified atom stereocenters. The van der Waals surface area contributed by atoms with E-state index in [4.69, 9.17) is 0 Å². The molecule has 4 nitrogen and oxygen atoms in total. The molecule has 1 aliphatic heterocycles. The third-order valence-electron chi connectivity index (χ3n) is 5.99. The van der Waals surface area contributed by atoms with Crippen molar-refractivity contribution in [2.24, 2.45) is 0 Å². The Kier molecular flexibility index (Phi) is 4.35. The first-order valence-electron chi connectivity index (χ1n) is 9.24. The SMILES string of the molecule is CC1(c2cccs2)C(C(=O)O)c2ccccc2C(=O)N1C1CCCCC1. The number of carboxylic acids is 1. The van der Waals surface area contributed by atoms with Gasteiger partial charge in [0.15, 0.2) is 0 Å². The zero-order chi connectivity index (χ0) is 18.3. The fourth-order valence-electron chi connectivity index (χ4n) is 4.81. The van der Waals surface area contributed by atoms with Crippen LogP contribution in [0.4, 0.5) is 0 Å². The highest BCUT2D eigenvalue weighted by atomic mass is 32.1. The highest BCUT2D eigenvalue weighted by Crippen LogP contribution is 2.51. The summed E-state index contributed by atoms with van der Waals surface area (Å²) in [6, 6.07) is 11.2. The smallest absolute Gasteiger partial charge is 0.313 e.